The Hall–Kier alpha value is -4.78. The first kappa shape index (κ1) is 23.6. The molecule has 4 bridgehead atoms. The standard InChI is InChI=1S/C42H32N2/c1-21-22(2)24-15-17-34-29(19-24)37-35-30(39(42(3,4)5)38-26-11-7-9-13-32(26)44(34)41(37)38)20-27-25-10-6-8-12-31(25)43-33-16-14-23(21)18-28(33)36(35)40(27)43/h6-13,15-22,33H,1-5H3. The first-order valence-electron chi connectivity index (χ1n) is 16.1. The molecule has 3 aromatic heterocycles. The summed E-state index contributed by atoms with van der Waals surface area (Å²) in [5, 5.41) is 11.2. The van der Waals surface area contributed by atoms with Crippen LogP contribution in [0.3, 0.4) is 0 Å². The molecule has 0 saturated carbocycles. The van der Waals surface area contributed by atoms with E-state index in [1.807, 2.05) is 0 Å². The number of hydrogen-bond acceptors (Lipinski definition) is 0. The highest BCUT2D eigenvalue weighted by atomic mass is 15.0. The van der Waals surface area contributed by atoms with Crippen LogP contribution in [0.15, 0.2) is 96.3 Å². The minimum absolute atomic E-state index is 0.0641. The molecule has 1 aliphatic heterocycles. The van der Waals surface area contributed by atoms with Crippen LogP contribution >= 0.6 is 0 Å². The summed E-state index contributed by atoms with van der Waals surface area (Å²) < 4.78 is 5.21. The van der Waals surface area contributed by atoms with Crippen molar-refractivity contribution >= 4 is 76.2 Å². The molecule has 0 amide bonds. The van der Waals surface area contributed by atoms with E-state index < -0.39 is 0 Å². The zero-order valence-corrected chi connectivity index (χ0v) is 25.7. The second kappa shape index (κ2) is 7.29. The van der Waals surface area contributed by atoms with Crippen LogP contribution < -0.4 is 0 Å². The lowest BCUT2D eigenvalue weighted by Crippen LogP contribution is -2.13. The van der Waals surface area contributed by atoms with Crippen molar-refractivity contribution < 1.29 is 0 Å². The SMILES string of the molecule is CC1C2=C=CC3C(=C2)c2c4c(cc5c6ccccc6n3c25)c(C(C)(C)C)c2c3ccccc3n3c5ccc(cc5c4c23)C1C. The largest absolute Gasteiger partial charge is 0.328 e. The predicted octanol–water partition coefficient (Wildman–Crippen LogP) is 11.2. The maximum absolute atomic E-state index is 3.82. The third-order valence-corrected chi connectivity index (χ3v) is 11.5. The smallest absolute Gasteiger partial charge is 0.0857 e. The summed E-state index contributed by atoms with van der Waals surface area (Å²) >= 11 is 0. The van der Waals surface area contributed by atoms with Gasteiger partial charge in [0.15, 0.2) is 0 Å². The first-order valence-corrected chi connectivity index (χ1v) is 16.1. The number of para-hydroxylation sites is 2. The summed E-state index contributed by atoms with van der Waals surface area (Å²) in [5.41, 5.74) is 17.5. The van der Waals surface area contributed by atoms with E-state index in [0.717, 1.165) is 0 Å². The van der Waals surface area contributed by atoms with E-state index in [9.17, 15) is 0 Å². The molecule has 2 nitrogen and oxygen atoms in total. The van der Waals surface area contributed by atoms with E-state index >= 15 is 0 Å². The highest BCUT2D eigenvalue weighted by molar-refractivity contribution is 6.37. The number of allylic oxidation sites excluding steroid dienone is 3. The molecule has 0 radical (unpaired) electrons. The zero-order chi connectivity index (χ0) is 29.4. The highest BCUT2D eigenvalue weighted by Crippen LogP contribution is 2.57. The summed E-state index contributed by atoms with van der Waals surface area (Å²) in [6.45, 7) is 12.0. The van der Waals surface area contributed by atoms with Gasteiger partial charge in [-0.1, -0.05) is 77.1 Å². The van der Waals surface area contributed by atoms with Crippen molar-refractivity contribution in [3.05, 3.63) is 113 Å². The summed E-state index contributed by atoms with van der Waals surface area (Å²) in [7, 11) is 0. The Morgan fingerprint density at radius 2 is 1.41 bits per heavy atom. The fourth-order valence-corrected chi connectivity index (χ4v) is 9.51. The van der Waals surface area contributed by atoms with E-state index in [0.29, 0.717) is 11.8 Å². The molecule has 8 aromatic rings. The summed E-state index contributed by atoms with van der Waals surface area (Å²) in [4.78, 5) is 0. The molecule has 4 heterocycles. The van der Waals surface area contributed by atoms with Crippen LogP contribution in [0.5, 0.6) is 0 Å². The number of rotatable bonds is 0. The van der Waals surface area contributed by atoms with Gasteiger partial charge >= 0.3 is 0 Å². The Bertz CT molecular complexity index is 2760. The van der Waals surface area contributed by atoms with Gasteiger partial charge in [-0.15, -0.1) is 5.73 Å². The average Bonchev–Trinajstić information content (AvgIpc) is 3.74. The maximum Gasteiger partial charge on any atom is 0.0857 e. The Labute approximate surface area is 255 Å². The van der Waals surface area contributed by atoms with E-state index in [2.05, 4.69) is 134 Å². The first-order chi connectivity index (χ1) is 21.3. The Kier molecular flexibility index (Phi) is 3.92. The van der Waals surface area contributed by atoms with Gasteiger partial charge in [0.2, 0.25) is 0 Å². The lowest BCUT2D eigenvalue weighted by Gasteiger charge is -2.25. The minimum Gasteiger partial charge on any atom is -0.328 e. The number of aromatic nitrogens is 2. The molecule has 2 aliphatic carbocycles. The number of hydrogen-bond donors (Lipinski definition) is 0. The van der Waals surface area contributed by atoms with Crippen LogP contribution in [0.1, 0.15) is 63.3 Å². The molecule has 11 rings (SSSR count). The molecule has 210 valence electrons. The van der Waals surface area contributed by atoms with Gasteiger partial charge in [-0.05, 0) is 87.4 Å². The fraction of sp³-hybridized carbons (Fsp3) is 0.214. The zero-order valence-electron chi connectivity index (χ0n) is 25.7. The van der Waals surface area contributed by atoms with Gasteiger partial charge in [0.1, 0.15) is 0 Å². The molecule has 0 saturated heterocycles. The predicted molar refractivity (Wildman–Crippen MR) is 186 cm³/mol. The fourth-order valence-electron chi connectivity index (χ4n) is 9.51. The van der Waals surface area contributed by atoms with E-state index in [1.54, 1.807) is 0 Å². The molecule has 0 fully saturated rings. The number of benzene rings is 5. The molecule has 3 unspecified atom stereocenters. The van der Waals surface area contributed by atoms with Gasteiger partial charge in [0, 0.05) is 48.8 Å². The monoisotopic (exact) mass is 564 g/mol. The van der Waals surface area contributed by atoms with Crippen LogP contribution in [-0.4, -0.2) is 8.97 Å². The lowest BCUT2D eigenvalue weighted by atomic mass is 9.77. The van der Waals surface area contributed by atoms with Crippen molar-refractivity contribution in [2.75, 3.05) is 0 Å². The van der Waals surface area contributed by atoms with Crippen LogP contribution in [0.2, 0.25) is 0 Å². The second-order valence-corrected chi connectivity index (χ2v) is 14.7. The third kappa shape index (κ3) is 2.45. The summed E-state index contributed by atoms with van der Waals surface area (Å²) in [6, 6.07) is 28.2. The Morgan fingerprint density at radius 3 is 2.23 bits per heavy atom. The third-order valence-electron chi connectivity index (χ3n) is 11.5. The molecule has 3 atom stereocenters. The quantitative estimate of drug-likeness (QED) is 0.162. The highest BCUT2D eigenvalue weighted by Gasteiger charge is 2.38. The molecule has 0 N–H and O–H groups in total. The van der Waals surface area contributed by atoms with Gasteiger partial charge in [0.25, 0.3) is 0 Å². The second-order valence-electron chi connectivity index (χ2n) is 14.7. The number of fused-ring (bicyclic) bond motifs is 10. The summed E-state index contributed by atoms with van der Waals surface area (Å²) in [5.74, 6) is 0.736. The van der Waals surface area contributed by atoms with Gasteiger partial charge in [-0.25, -0.2) is 0 Å². The van der Waals surface area contributed by atoms with Crippen LogP contribution in [0, 0.1) is 5.92 Å². The van der Waals surface area contributed by atoms with Gasteiger partial charge < -0.3 is 8.97 Å². The topological polar surface area (TPSA) is 9.34 Å². The van der Waals surface area contributed by atoms with Crippen molar-refractivity contribution in [2.45, 2.75) is 52.0 Å². The van der Waals surface area contributed by atoms with Crippen molar-refractivity contribution in [3.63, 3.8) is 0 Å². The molecule has 0 spiro atoms. The van der Waals surface area contributed by atoms with Gasteiger partial charge in [0.05, 0.1) is 28.1 Å². The Balaban J connectivity index is 1.56. The van der Waals surface area contributed by atoms with Crippen LogP contribution in [0.25, 0.3) is 76.2 Å². The molecule has 44 heavy (non-hydrogen) atoms. The van der Waals surface area contributed by atoms with Crippen molar-refractivity contribution in [1.29, 1.82) is 0 Å². The lowest BCUT2D eigenvalue weighted by molar-refractivity contribution is 0.571. The van der Waals surface area contributed by atoms with Gasteiger partial charge in [-0.3, -0.25) is 0 Å². The van der Waals surface area contributed by atoms with E-state index in [1.165, 1.54) is 98.5 Å². The van der Waals surface area contributed by atoms with Crippen molar-refractivity contribution in [2.24, 2.45) is 5.92 Å². The molecular weight excluding hydrogens is 532 g/mol. The van der Waals surface area contributed by atoms with E-state index in [-0.39, 0.29) is 11.5 Å². The van der Waals surface area contributed by atoms with Crippen molar-refractivity contribution in [1.82, 2.24) is 8.97 Å². The van der Waals surface area contributed by atoms with E-state index in [4.69, 9.17) is 0 Å². The number of nitrogens with zero attached hydrogens (tertiary/aromatic N) is 2. The molecular formula is C42H32N2. The normalized spacial score (nSPS) is 20.9. The average molecular weight is 565 g/mol. The van der Waals surface area contributed by atoms with Crippen LogP contribution in [-0.2, 0) is 5.41 Å². The van der Waals surface area contributed by atoms with Crippen molar-refractivity contribution in [3.8, 4) is 0 Å². The Morgan fingerprint density at radius 1 is 0.659 bits per heavy atom. The minimum atomic E-state index is -0.0641. The molecule has 3 aliphatic rings. The maximum atomic E-state index is 3.82. The van der Waals surface area contributed by atoms with Gasteiger partial charge in [-0.2, -0.15) is 0 Å². The summed E-state index contributed by atoms with van der Waals surface area (Å²) in [6.07, 6.45) is 4.89. The molecule has 2 heteroatoms. The molecule has 5 aromatic carbocycles. The van der Waals surface area contributed by atoms with Crippen LogP contribution in [0.4, 0.5) is 0 Å².